The van der Waals surface area contributed by atoms with E-state index in [0.29, 0.717) is 19.2 Å². The summed E-state index contributed by atoms with van der Waals surface area (Å²) in [6, 6.07) is 0.479. The van der Waals surface area contributed by atoms with E-state index in [1.54, 1.807) is 7.11 Å². The molecule has 1 aliphatic heterocycles. The largest absolute Gasteiger partial charge is 0.383 e. The van der Waals surface area contributed by atoms with Gasteiger partial charge in [-0.2, -0.15) is 0 Å². The molecule has 0 radical (unpaired) electrons. The minimum absolute atomic E-state index is 0.0147. The maximum Gasteiger partial charge on any atom is 0.0659 e. The third kappa shape index (κ3) is 2.74. The molecule has 0 aromatic rings. The van der Waals surface area contributed by atoms with Crippen molar-refractivity contribution in [3.05, 3.63) is 0 Å². The fraction of sp³-hybridized carbons (Fsp3) is 1.00. The molecule has 16 heavy (non-hydrogen) atoms. The van der Waals surface area contributed by atoms with Gasteiger partial charge in [-0.1, -0.05) is 13.8 Å². The molecule has 0 saturated carbocycles. The van der Waals surface area contributed by atoms with Crippen molar-refractivity contribution >= 4 is 0 Å². The highest BCUT2D eigenvalue weighted by Gasteiger charge is 2.39. The summed E-state index contributed by atoms with van der Waals surface area (Å²) in [4.78, 5) is 2.50. The van der Waals surface area contributed by atoms with Gasteiger partial charge in [-0.15, -0.1) is 0 Å². The molecule has 1 fully saturated rings. The third-order valence-corrected chi connectivity index (χ3v) is 3.76. The first-order valence-electron chi connectivity index (χ1n) is 6.27. The molecule has 2 atom stereocenters. The Morgan fingerprint density at radius 3 is 2.75 bits per heavy atom. The van der Waals surface area contributed by atoms with Crippen molar-refractivity contribution in [2.45, 2.75) is 38.3 Å². The molecule has 96 valence electrons. The van der Waals surface area contributed by atoms with Gasteiger partial charge in [0.1, 0.15) is 0 Å². The predicted octanol–water partition coefficient (Wildman–Crippen LogP) is 0.851. The van der Waals surface area contributed by atoms with Crippen molar-refractivity contribution in [1.29, 1.82) is 0 Å². The average Bonchev–Trinajstić information content (AvgIpc) is 2.36. The highest BCUT2D eigenvalue weighted by atomic mass is 16.5. The molecule has 4 heteroatoms. The van der Waals surface area contributed by atoms with Crippen molar-refractivity contribution in [3.8, 4) is 0 Å². The maximum absolute atomic E-state index is 5.99. The second-order valence-electron chi connectivity index (χ2n) is 4.55. The van der Waals surface area contributed by atoms with E-state index >= 15 is 0 Å². The van der Waals surface area contributed by atoms with Crippen LogP contribution >= 0.6 is 0 Å². The summed E-state index contributed by atoms with van der Waals surface area (Å²) in [7, 11) is 1.75. The van der Waals surface area contributed by atoms with E-state index in [4.69, 9.17) is 15.2 Å². The molecular weight excluding hydrogens is 204 g/mol. The van der Waals surface area contributed by atoms with Crippen molar-refractivity contribution in [1.82, 2.24) is 4.90 Å². The Kier molecular flexibility index (Phi) is 5.69. The Morgan fingerprint density at radius 1 is 1.50 bits per heavy atom. The molecule has 1 rings (SSSR count). The second kappa shape index (κ2) is 6.55. The van der Waals surface area contributed by atoms with E-state index in [-0.39, 0.29) is 5.54 Å². The monoisotopic (exact) mass is 230 g/mol. The summed E-state index contributed by atoms with van der Waals surface area (Å²) in [5, 5.41) is 0. The first-order valence-corrected chi connectivity index (χ1v) is 6.27. The van der Waals surface area contributed by atoms with E-state index in [1.165, 1.54) is 0 Å². The molecule has 0 aromatic heterocycles. The highest BCUT2D eigenvalue weighted by Crippen LogP contribution is 2.25. The van der Waals surface area contributed by atoms with Gasteiger partial charge in [-0.3, -0.25) is 4.90 Å². The average molecular weight is 230 g/mol. The molecule has 0 bridgehead atoms. The summed E-state index contributed by atoms with van der Waals surface area (Å²) < 4.78 is 10.9. The first-order chi connectivity index (χ1) is 7.74. The van der Waals surface area contributed by atoms with E-state index in [2.05, 4.69) is 18.7 Å². The van der Waals surface area contributed by atoms with Gasteiger partial charge in [0, 0.05) is 26.2 Å². The van der Waals surface area contributed by atoms with Crippen LogP contribution < -0.4 is 5.73 Å². The zero-order chi connectivity index (χ0) is 12.0. The van der Waals surface area contributed by atoms with Crippen LogP contribution in [0.4, 0.5) is 0 Å². The van der Waals surface area contributed by atoms with Gasteiger partial charge in [0.2, 0.25) is 0 Å². The Morgan fingerprint density at radius 2 is 2.25 bits per heavy atom. The second-order valence-corrected chi connectivity index (χ2v) is 4.55. The number of methoxy groups -OCH3 is 1. The Hall–Kier alpha value is -0.160. The fourth-order valence-electron chi connectivity index (χ4n) is 2.59. The van der Waals surface area contributed by atoms with E-state index in [0.717, 1.165) is 32.6 Å². The van der Waals surface area contributed by atoms with Gasteiger partial charge in [0.05, 0.1) is 25.4 Å². The standard InChI is InChI=1S/C12H26N2O2/c1-4-11-8-16-7-6-14(11)12(5-2,9-13)10-15-3/h11H,4-10,13H2,1-3H3. The van der Waals surface area contributed by atoms with Gasteiger partial charge >= 0.3 is 0 Å². The zero-order valence-corrected chi connectivity index (χ0v) is 10.9. The van der Waals surface area contributed by atoms with Gasteiger partial charge in [0.15, 0.2) is 0 Å². The number of hydrogen-bond donors (Lipinski definition) is 1. The highest BCUT2D eigenvalue weighted by molar-refractivity contribution is 4.95. The molecule has 0 spiro atoms. The molecule has 0 aliphatic carbocycles. The number of nitrogens with two attached hydrogens (primary N) is 1. The SMILES string of the molecule is CCC1COCCN1C(CC)(CN)COC. The third-order valence-electron chi connectivity index (χ3n) is 3.76. The minimum Gasteiger partial charge on any atom is -0.383 e. The van der Waals surface area contributed by atoms with Crippen molar-refractivity contribution in [2.75, 3.05) is 40.0 Å². The van der Waals surface area contributed by atoms with Crippen LogP contribution in [0.15, 0.2) is 0 Å². The molecule has 1 aliphatic rings. The number of morpholine rings is 1. The lowest BCUT2D eigenvalue weighted by Crippen LogP contribution is -2.63. The number of ether oxygens (including phenoxy) is 2. The van der Waals surface area contributed by atoms with Crippen LogP contribution in [0, 0.1) is 0 Å². The van der Waals surface area contributed by atoms with E-state index < -0.39 is 0 Å². The summed E-state index contributed by atoms with van der Waals surface area (Å²) in [6.45, 7) is 8.34. The van der Waals surface area contributed by atoms with E-state index in [1.807, 2.05) is 0 Å². The van der Waals surface area contributed by atoms with Crippen molar-refractivity contribution < 1.29 is 9.47 Å². The van der Waals surface area contributed by atoms with Gasteiger partial charge in [0.25, 0.3) is 0 Å². The van der Waals surface area contributed by atoms with Crippen molar-refractivity contribution in [3.63, 3.8) is 0 Å². The normalized spacial score (nSPS) is 26.6. The molecule has 1 heterocycles. The van der Waals surface area contributed by atoms with Crippen LogP contribution in [0.5, 0.6) is 0 Å². The molecule has 4 nitrogen and oxygen atoms in total. The van der Waals surface area contributed by atoms with Crippen LogP contribution in [0.2, 0.25) is 0 Å². The summed E-state index contributed by atoms with van der Waals surface area (Å²) in [5.41, 5.74) is 5.97. The molecule has 0 amide bonds. The quantitative estimate of drug-likeness (QED) is 0.735. The first kappa shape index (κ1) is 13.9. The Bertz CT molecular complexity index is 195. The Balaban J connectivity index is 2.81. The maximum atomic E-state index is 5.99. The fourth-order valence-corrected chi connectivity index (χ4v) is 2.59. The summed E-state index contributed by atoms with van der Waals surface area (Å²) >= 11 is 0. The van der Waals surface area contributed by atoms with Crippen LogP contribution in [0.25, 0.3) is 0 Å². The van der Waals surface area contributed by atoms with Crippen LogP contribution in [-0.4, -0.2) is 56.5 Å². The predicted molar refractivity (Wildman–Crippen MR) is 65.6 cm³/mol. The lowest BCUT2D eigenvalue weighted by atomic mass is 9.91. The van der Waals surface area contributed by atoms with Crippen LogP contribution in [0.3, 0.4) is 0 Å². The summed E-state index contributed by atoms with van der Waals surface area (Å²) in [6.07, 6.45) is 2.12. The molecule has 2 unspecified atom stereocenters. The number of rotatable bonds is 6. The van der Waals surface area contributed by atoms with Gasteiger partial charge in [-0.05, 0) is 12.8 Å². The molecule has 1 saturated heterocycles. The van der Waals surface area contributed by atoms with E-state index in [9.17, 15) is 0 Å². The Labute approximate surface area is 99.1 Å². The van der Waals surface area contributed by atoms with Gasteiger partial charge in [-0.25, -0.2) is 0 Å². The molecular formula is C12H26N2O2. The number of nitrogens with zero attached hydrogens (tertiary/aromatic N) is 1. The molecule has 2 N–H and O–H groups in total. The smallest absolute Gasteiger partial charge is 0.0659 e. The molecule has 0 aromatic carbocycles. The number of hydrogen-bond acceptors (Lipinski definition) is 4. The zero-order valence-electron chi connectivity index (χ0n) is 10.9. The van der Waals surface area contributed by atoms with Crippen molar-refractivity contribution in [2.24, 2.45) is 5.73 Å². The lowest BCUT2D eigenvalue weighted by molar-refractivity contribution is -0.0868. The summed E-state index contributed by atoms with van der Waals surface area (Å²) in [5.74, 6) is 0. The van der Waals surface area contributed by atoms with Crippen LogP contribution in [0.1, 0.15) is 26.7 Å². The van der Waals surface area contributed by atoms with Gasteiger partial charge < -0.3 is 15.2 Å². The topological polar surface area (TPSA) is 47.7 Å². The minimum atomic E-state index is -0.0147. The lowest BCUT2D eigenvalue weighted by Gasteiger charge is -2.48. The van der Waals surface area contributed by atoms with Crippen LogP contribution in [-0.2, 0) is 9.47 Å².